The second-order valence-electron chi connectivity index (χ2n) is 2.83. The molecule has 0 amide bonds. The van der Waals surface area contributed by atoms with E-state index in [4.69, 9.17) is 0 Å². The van der Waals surface area contributed by atoms with Crippen LogP contribution in [0.25, 0.3) is 11.1 Å². The lowest BCUT2D eigenvalue weighted by Crippen LogP contribution is -1.86. The van der Waals surface area contributed by atoms with Crippen LogP contribution in [0.3, 0.4) is 0 Å². The Kier molecular flexibility index (Phi) is 2.32. The molecule has 14 heavy (non-hydrogen) atoms. The summed E-state index contributed by atoms with van der Waals surface area (Å²) in [6.45, 7) is 0. The summed E-state index contributed by atoms with van der Waals surface area (Å²) >= 11 is 0. The Morgan fingerprint density at radius 1 is 1.00 bits per heavy atom. The minimum Gasteiger partial charge on any atom is -0.296 e. The van der Waals surface area contributed by atoms with Gasteiger partial charge in [-0.3, -0.25) is 14.8 Å². The molecule has 3 heteroatoms. The van der Waals surface area contributed by atoms with Gasteiger partial charge in [0.05, 0.1) is 0 Å². The molecular formula is C11H8N2O. The summed E-state index contributed by atoms with van der Waals surface area (Å²) < 4.78 is 0. The van der Waals surface area contributed by atoms with E-state index in [0.717, 1.165) is 17.4 Å². The Balaban J connectivity index is 2.39. The number of hydrogen-bond acceptors (Lipinski definition) is 3. The van der Waals surface area contributed by atoms with Crippen molar-refractivity contribution >= 4 is 6.29 Å². The van der Waals surface area contributed by atoms with Crippen molar-refractivity contribution in [1.82, 2.24) is 9.97 Å². The molecule has 0 aliphatic heterocycles. The molecular weight excluding hydrogens is 176 g/mol. The Hall–Kier alpha value is -2.03. The third-order valence-corrected chi connectivity index (χ3v) is 1.92. The molecule has 0 saturated heterocycles. The summed E-state index contributed by atoms with van der Waals surface area (Å²) in [4.78, 5) is 18.3. The molecule has 2 heterocycles. The number of aldehydes is 1. The maximum Gasteiger partial charge on any atom is 0.168 e. The van der Waals surface area contributed by atoms with Crippen molar-refractivity contribution in [1.29, 1.82) is 0 Å². The largest absolute Gasteiger partial charge is 0.296 e. The normalized spacial score (nSPS) is 9.71. The van der Waals surface area contributed by atoms with Crippen LogP contribution in [0.1, 0.15) is 10.5 Å². The smallest absolute Gasteiger partial charge is 0.168 e. The van der Waals surface area contributed by atoms with Gasteiger partial charge in [0, 0.05) is 24.2 Å². The van der Waals surface area contributed by atoms with Gasteiger partial charge < -0.3 is 0 Å². The highest BCUT2D eigenvalue weighted by molar-refractivity contribution is 5.73. The van der Waals surface area contributed by atoms with Gasteiger partial charge in [0.2, 0.25) is 0 Å². The molecule has 0 aliphatic carbocycles. The van der Waals surface area contributed by atoms with E-state index in [9.17, 15) is 4.79 Å². The summed E-state index contributed by atoms with van der Waals surface area (Å²) in [6, 6.07) is 7.37. The predicted octanol–water partition coefficient (Wildman–Crippen LogP) is 1.96. The average molecular weight is 184 g/mol. The van der Waals surface area contributed by atoms with Crippen molar-refractivity contribution in [2.45, 2.75) is 0 Å². The number of pyridine rings is 2. The molecule has 0 saturated carbocycles. The van der Waals surface area contributed by atoms with Gasteiger partial charge in [-0.15, -0.1) is 0 Å². The van der Waals surface area contributed by atoms with Crippen LogP contribution in [0.4, 0.5) is 0 Å². The maximum absolute atomic E-state index is 10.4. The highest BCUT2D eigenvalue weighted by Crippen LogP contribution is 2.16. The molecule has 0 spiro atoms. The predicted molar refractivity (Wildman–Crippen MR) is 52.9 cm³/mol. The molecule has 0 atom stereocenters. The second kappa shape index (κ2) is 3.79. The molecule has 2 aromatic heterocycles. The van der Waals surface area contributed by atoms with Gasteiger partial charge in [-0.05, 0) is 23.8 Å². The van der Waals surface area contributed by atoms with E-state index in [0.29, 0.717) is 5.69 Å². The summed E-state index contributed by atoms with van der Waals surface area (Å²) in [5.41, 5.74) is 2.48. The van der Waals surface area contributed by atoms with Crippen molar-refractivity contribution < 1.29 is 4.79 Å². The van der Waals surface area contributed by atoms with E-state index in [1.165, 1.54) is 0 Å². The van der Waals surface area contributed by atoms with Crippen LogP contribution in [-0.4, -0.2) is 16.3 Å². The minimum atomic E-state index is 0.447. The zero-order valence-electron chi connectivity index (χ0n) is 7.42. The van der Waals surface area contributed by atoms with E-state index in [1.807, 2.05) is 18.2 Å². The highest BCUT2D eigenvalue weighted by Gasteiger charge is 1.97. The number of rotatable bonds is 2. The Labute approximate surface area is 81.5 Å². The van der Waals surface area contributed by atoms with Crippen LogP contribution in [0.5, 0.6) is 0 Å². The van der Waals surface area contributed by atoms with E-state index >= 15 is 0 Å². The fourth-order valence-electron chi connectivity index (χ4n) is 1.19. The van der Waals surface area contributed by atoms with Crippen molar-refractivity contribution in [2.75, 3.05) is 0 Å². The fraction of sp³-hybridized carbons (Fsp3) is 0. The molecule has 3 nitrogen and oxygen atoms in total. The van der Waals surface area contributed by atoms with Crippen LogP contribution >= 0.6 is 0 Å². The number of carbonyl (C=O) groups excluding carboxylic acids is 1. The van der Waals surface area contributed by atoms with Gasteiger partial charge in [0.1, 0.15) is 5.69 Å². The van der Waals surface area contributed by atoms with Crippen LogP contribution in [-0.2, 0) is 0 Å². The molecule has 0 aromatic carbocycles. The zero-order valence-corrected chi connectivity index (χ0v) is 7.42. The van der Waals surface area contributed by atoms with Crippen molar-refractivity contribution in [3.8, 4) is 11.1 Å². The Bertz CT molecular complexity index is 423. The zero-order chi connectivity index (χ0) is 9.80. The lowest BCUT2D eigenvalue weighted by atomic mass is 10.1. The number of hydrogen-bond donors (Lipinski definition) is 0. The lowest BCUT2D eigenvalue weighted by Gasteiger charge is -1.99. The first-order valence-electron chi connectivity index (χ1n) is 4.22. The van der Waals surface area contributed by atoms with Crippen LogP contribution < -0.4 is 0 Å². The monoisotopic (exact) mass is 184 g/mol. The molecule has 0 fully saturated rings. The molecule has 0 radical (unpaired) electrons. The van der Waals surface area contributed by atoms with Crippen LogP contribution in [0.2, 0.25) is 0 Å². The van der Waals surface area contributed by atoms with Gasteiger partial charge in [-0.1, -0.05) is 6.07 Å². The molecule has 2 aromatic rings. The van der Waals surface area contributed by atoms with Gasteiger partial charge >= 0.3 is 0 Å². The third-order valence-electron chi connectivity index (χ3n) is 1.92. The summed E-state index contributed by atoms with van der Waals surface area (Å²) in [6.07, 6.45) is 5.86. The fourth-order valence-corrected chi connectivity index (χ4v) is 1.19. The number of aromatic nitrogens is 2. The first kappa shape index (κ1) is 8.56. The summed E-state index contributed by atoms with van der Waals surface area (Å²) in [7, 11) is 0. The van der Waals surface area contributed by atoms with Crippen molar-refractivity contribution in [2.24, 2.45) is 0 Å². The van der Waals surface area contributed by atoms with Gasteiger partial charge in [-0.2, -0.15) is 0 Å². The van der Waals surface area contributed by atoms with Gasteiger partial charge in [0.25, 0.3) is 0 Å². The van der Waals surface area contributed by atoms with Gasteiger partial charge in [-0.25, -0.2) is 0 Å². The standard InChI is InChI=1S/C11H8N2O/c14-8-11-2-1-10(7-13-11)9-3-5-12-6-4-9/h1-8H. The second-order valence-corrected chi connectivity index (χ2v) is 2.83. The Morgan fingerprint density at radius 3 is 2.36 bits per heavy atom. The van der Waals surface area contributed by atoms with E-state index in [-0.39, 0.29) is 0 Å². The average Bonchev–Trinajstić information content (AvgIpc) is 2.30. The Morgan fingerprint density at radius 2 is 1.79 bits per heavy atom. The molecule has 2 rings (SSSR count). The SMILES string of the molecule is O=Cc1ccc(-c2ccncc2)cn1. The van der Waals surface area contributed by atoms with Gasteiger partial charge in [0.15, 0.2) is 6.29 Å². The highest BCUT2D eigenvalue weighted by atomic mass is 16.1. The summed E-state index contributed by atoms with van der Waals surface area (Å²) in [5, 5.41) is 0. The minimum absolute atomic E-state index is 0.447. The first-order valence-corrected chi connectivity index (χ1v) is 4.22. The van der Waals surface area contributed by atoms with Crippen molar-refractivity contribution in [3.05, 3.63) is 48.5 Å². The van der Waals surface area contributed by atoms with Crippen molar-refractivity contribution in [3.63, 3.8) is 0 Å². The van der Waals surface area contributed by atoms with E-state index in [1.54, 1.807) is 24.7 Å². The van der Waals surface area contributed by atoms with Crippen LogP contribution in [0.15, 0.2) is 42.9 Å². The third kappa shape index (κ3) is 1.66. The number of carbonyl (C=O) groups is 1. The van der Waals surface area contributed by atoms with Crippen LogP contribution in [0, 0.1) is 0 Å². The molecule has 68 valence electrons. The summed E-state index contributed by atoms with van der Waals surface area (Å²) in [5.74, 6) is 0. The molecule has 0 N–H and O–H groups in total. The quantitative estimate of drug-likeness (QED) is 0.670. The molecule has 0 aliphatic rings. The van der Waals surface area contributed by atoms with E-state index in [2.05, 4.69) is 9.97 Å². The number of nitrogens with zero attached hydrogens (tertiary/aromatic N) is 2. The maximum atomic E-state index is 10.4. The van der Waals surface area contributed by atoms with E-state index < -0.39 is 0 Å². The molecule has 0 unspecified atom stereocenters. The molecule has 0 bridgehead atoms. The first-order chi connectivity index (χ1) is 6.90. The topological polar surface area (TPSA) is 42.9 Å². The lowest BCUT2D eigenvalue weighted by molar-refractivity contribution is 0.111.